The van der Waals surface area contributed by atoms with Gasteiger partial charge in [-0.05, 0) is 86.8 Å². The van der Waals surface area contributed by atoms with E-state index in [9.17, 15) is 5.11 Å². The molecule has 18 atom stereocenters. The van der Waals surface area contributed by atoms with Crippen LogP contribution in [0.1, 0.15) is 131 Å². The molecule has 13 heteroatoms. The van der Waals surface area contributed by atoms with Crippen LogP contribution >= 0.6 is 0 Å². The average molecular weight is 1110 g/mol. The number of hydrogen-bond acceptors (Lipinski definition) is 12. The molecule has 12 rings (SSSR count). The van der Waals surface area contributed by atoms with Gasteiger partial charge in [-0.15, -0.1) is 0 Å². The van der Waals surface area contributed by atoms with Crippen LogP contribution in [0.3, 0.4) is 0 Å². The second-order valence-corrected chi connectivity index (χ2v) is 31.1. The van der Waals surface area contributed by atoms with Gasteiger partial charge in [0.2, 0.25) is 0 Å². The molecule has 4 aromatic carbocycles. The van der Waals surface area contributed by atoms with Gasteiger partial charge in [-0.25, -0.2) is 0 Å². The smallest absolute Gasteiger partial charge is 0.261 e. The fourth-order valence-corrected chi connectivity index (χ4v) is 20.0. The molecule has 0 spiro atoms. The minimum absolute atomic E-state index is 0.00198. The topological polar surface area (TPSA) is 122 Å². The first-order valence-electron chi connectivity index (χ1n) is 30.1. The van der Waals surface area contributed by atoms with Crippen LogP contribution in [0.15, 0.2) is 133 Å². The van der Waals surface area contributed by atoms with Crippen LogP contribution in [-0.2, 0) is 65.0 Å². The molecule has 8 aliphatic heterocycles. The van der Waals surface area contributed by atoms with Crippen molar-refractivity contribution in [3.05, 3.63) is 145 Å². The first kappa shape index (κ1) is 56.8. The van der Waals surface area contributed by atoms with E-state index in [1.165, 1.54) is 15.9 Å². The zero-order valence-corrected chi connectivity index (χ0v) is 49.5. The summed E-state index contributed by atoms with van der Waals surface area (Å²) >= 11 is 0. The van der Waals surface area contributed by atoms with Gasteiger partial charge < -0.3 is 56.9 Å². The van der Waals surface area contributed by atoms with E-state index < -0.39 is 48.5 Å². The Hall–Kier alpha value is -3.64. The van der Waals surface area contributed by atoms with E-state index in [1.807, 2.05) is 31.2 Å². The van der Waals surface area contributed by atoms with E-state index in [2.05, 4.69) is 158 Å². The van der Waals surface area contributed by atoms with Crippen molar-refractivity contribution in [1.29, 1.82) is 0 Å². The lowest BCUT2D eigenvalue weighted by atomic mass is 9.72. The molecule has 8 heterocycles. The Morgan fingerprint density at radius 2 is 1.23 bits per heavy atom. The van der Waals surface area contributed by atoms with Crippen molar-refractivity contribution >= 4 is 18.7 Å². The molecular formula is C67H88O12Si. The Morgan fingerprint density at radius 1 is 0.588 bits per heavy atom. The number of aliphatic hydroxyl groups is 1. The van der Waals surface area contributed by atoms with Crippen LogP contribution in [0.2, 0.25) is 5.04 Å². The summed E-state index contributed by atoms with van der Waals surface area (Å²) in [5.74, 6) is 0. The van der Waals surface area contributed by atoms with Gasteiger partial charge in [0.1, 0.15) is 23.4 Å². The van der Waals surface area contributed by atoms with Crippen LogP contribution in [0.4, 0.5) is 0 Å². The lowest BCUT2D eigenvalue weighted by Gasteiger charge is -2.62. The first-order valence-corrected chi connectivity index (χ1v) is 32.0. The van der Waals surface area contributed by atoms with Crippen molar-refractivity contribution < 1.29 is 56.9 Å². The molecule has 12 nitrogen and oxygen atoms in total. The van der Waals surface area contributed by atoms with Gasteiger partial charge in [0.25, 0.3) is 8.32 Å². The standard InChI is InChI=1S/C67H88O12Si/c1-62(2,3)80(48-27-17-11-18-28-48,49-29-19-12-20-30-49)71-43-61-63(4,68)34-33-51-53(75-61)38-57-66(7,77-51)44-65(6)56(76-57)32-31-50-54(78-65)37-52-55(73-50)40-64(5)58(74-52)39-60-67(8,79-64)59(70-42-46-24-15-10-16-25-46)36-47(72-60)26-21-35-69-41-45-22-13-9-14-23-45/h9-20,22-25,27-30,33-34,47,50-61,68H,21,26,31-32,35-44H2,1-8H3/t47-,50+,51+,52+,53-,54-,55-,56-,57+,58-,59-,60+,61+,63-,64+,65+,66-,67-/m0/s1. The monoisotopic (exact) mass is 1110 g/mol. The minimum Gasteiger partial charge on any atom is -0.405 e. The summed E-state index contributed by atoms with van der Waals surface area (Å²) in [5.41, 5.74) is -1.63. The number of fused-ring (bicyclic) bond motifs is 7. The minimum atomic E-state index is -2.93. The Morgan fingerprint density at radius 3 is 1.90 bits per heavy atom. The molecule has 80 heavy (non-hydrogen) atoms. The van der Waals surface area contributed by atoms with Gasteiger partial charge in [0, 0.05) is 45.1 Å². The van der Waals surface area contributed by atoms with Gasteiger partial charge >= 0.3 is 0 Å². The largest absolute Gasteiger partial charge is 0.405 e. The third-order valence-corrected chi connectivity index (χ3v) is 24.7. The van der Waals surface area contributed by atoms with E-state index in [-0.39, 0.29) is 78.8 Å². The highest BCUT2D eigenvalue weighted by Crippen LogP contribution is 2.55. The average Bonchev–Trinajstić information content (AvgIpc) is 3.76. The quantitative estimate of drug-likeness (QED) is 0.0735. The van der Waals surface area contributed by atoms with Crippen molar-refractivity contribution in [2.75, 3.05) is 13.2 Å². The number of ether oxygens (including phenoxy) is 10. The third-order valence-electron chi connectivity index (χ3n) is 19.7. The molecular weight excluding hydrogens is 1020 g/mol. The van der Waals surface area contributed by atoms with E-state index in [1.54, 1.807) is 0 Å². The molecule has 0 amide bonds. The SMILES string of the molecule is CC(C)(C)[Si](OC[C@H]1O[C@H]2C[C@H]3O[C@H]4CC[C@H]5O[C@H]6C[C@@]7(C)O[C@@]8(C)[C@@H](OCc9ccccc9)C[C@H](CCCOCc9ccccc9)O[C@@H]8C[C@@H]7O[C@@H]6C[C@@H]5O[C@]4(C)C[C@]3(C)O[C@@H]2C=C[C@]1(C)O)(c1ccccc1)c1ccccc1. The molecule has 7 fully saturated rings. The fraction of sp³-hybridized carbons (Fsp3) is 0.612. The van der Waals surface area contributed by atoms with Crippen LogP contribution in [-0.4, -0.2) is 134 Å². The van der Waals surface area contributed by atoms with Crippen LogP contribution in [0.25, 0.3) is 0 Å². The van der Waals surface area contributed by atoms with Crippen molar-refractivity contribution in [3.8, 4) is 0 Å². The predicted molar refractivity (Wildman–Crippen MR) is 308 cm³/mol. The first-order chi connectivity index (χ1) is 38.3. The molecule has 0 saturated carbocycles. The third kappa shape index (κ3) is 11.0. The van der Waals surface area contributed by atoms with Crippen molar-refractivity contribution in [1.82, 2.24) is 0 Å². The molecule has 0 aromatic heterocycles. The maximum absolute atomic E-state index is 12.2. The summed E-state index contributed by atoms with van der Waals surface area (Å²) in [6.07, 6.45) is 8.25. The van der Waals surface area contributed by atoms with E-state index >= 15 is 0 Å². The van der Waals surface area contributed by atoms with Crippen molar-refractivity contribution in [3.63, 3.8) is 0 Å². The number of hydrogen-bond donors (Lipinski definition) is 1. The molecule has 4 aromatic rings. The number of rotatable bonds is 14. The molecule has 8 aliphatic rings. The molecule has 1 N–H and O–H groups in total. The highest BCUT2D eigenvalue weighted by molar-refractivity contribution is 6.99. The maximum atomic E-state index is 12.2. The van der Waals surface area contributed by atoms with Gasteiger partial charge in [0.05, 0.1) is 104 Å². The highest BCUT2D eigenvalue weighted by atomic mass is 28.4. The highest BCUT2D eigenvalue weighted by Gasteiger charge is 2.65. The Bertz CT molecular complexity index is 2690. The molecule has 0 unspecified atom stereocenters. The summed E-state index contributed by atoms with van der Waals surface area (Å²) in [5, 5.41) is 14.4. The zero-order valence-electron chi connectivity index (χ0n) is 48.5. The van der Waals surface area contributed by atoms with Crippen LogP contribution in [0, 0.1) is 0 Å². The predicted octanol–water partition coefficient (Wildman–Crippen LogP) is 10.3. The van der Waals surface area contributed by atoms with E-state index in [4.69, 9.17) is 51.8 Å². The molecule has 0 aliphatic carbocycles. The maximum Gasteiger partial charge on any atom is 0.261 e. The summed E-state index contributed by atoms with van der Waals surface area (Å²) in [6, 6.07) is 42.0. The summed E-state index contributed by atoms with van der Waals surface area (Å²) in [6.45, 7) is 19.4. The Labute approximate surface area is 476 Å². The van der Waals surface area contributed by atoms with Crippen molar-refractivity contribution in [2.45, 2.75) is 245 Å². The molecule has 0 bridgehead atoms. The molecule has 0 radical (unpaired) electrons. The lowest BCUT2D eigenvalue weighted by Crippen LogP contribution is -2.72. The van der Waals surface area contributed by atoms with E-state index in [0.29, 0.717) is 45.5 Å². The van der Waals surface area contributed by atoms with Gasteiger partial charge in [-0.1, -0.05) is 154 Å². The summed E-state index contributed by atoms with van der Waals surface area (Å²) in [7, 11) is -2.93. The second kappa shape index (κ2) is 22.4. The molecule has 432 valence electrons. The van der Waals surface area contributed by atoms with Crippen LogP contribution < -0.4 is 10.4 Å². The normalized spacial score (nSPS) is 40.5. The van der Waals surface area contributed by atoms with Crippen molar-refractivity contribution in [2.24, 2.45) is 0 Å². The van der Waals surface area contributed by atoms with Crippen LogP contribution in [0.5, 0.6) is 0 Å². The van der Waals surface area contributed by atoms with E-state index in [0.717, 1.165) is 44.1 Å². The Balaban J connectivity index is 0.715. The van der Waals surface area contributed by atoms with Gasteiger partial charge in [-0.3, -0.25) is 0 Å². The summed E-state index contributed by atoms with van der Waals surface area (Å²) in [4.78, 5) is 0. The number of benzene rings is 4. The zero-order chi connectivity index (χ0) is 55.5. The Kier molecular flexibility index (Phi) is 15.9. The van der Waals surface area contributed by atoms with Gasteiger partial charge in [0.15, 0.2) is 0 Å². The second-order valence-electron chi connectivity index (χ2n) is 26.8. The molecule has 7 saturated heterocycles. The van der Waals surface area contributed by atoms with Gasteiger partial charge in [-0.2, -0.15) is 0 Å². The lowest BCUT2D eigenvalue weighted by molar-refractivity contribution is -0.373. The summed E-state index contributed by atoms with van der Waals surface area (Å²) < 4.78 is 78.2. The fourth-order valence-electron chi connectivity index (χ4n) is 15.4.